The number of ether oxygens (including phenoxy) is 1. The molecule has 2 aromatic rings. The number of hydrogen-bond donors (Lipinski definition) is 2. The van der Waals surface area contributed by atoms with E-state index in [0.717, 1.165) is 5.56 Å². The van der Waals surface area contributed by atoms with Crippen molar-refractivity contribution in [3.8, 4) is 11.5 Å². The smallest absolute Gasteiger partial charge is 0.272 e. The number of anilines is 1. The third-order valence-electron chi connectivity index (χ3n) is 3.02. The van der Waals surface area contributed by atoms with Gasteiger partial charge in [0, 0.05) is 13.6 Å². The molecule has 110 valence electrons. The molecule has 0 bridgehead atoms. The van der Waals surface area contributed by atoms with Crippen LogP contribution in [0.15, 0.2) is 36.5 Å². The number of carbonyl (C=O) groups excluding carboxylic acids is 1. The topological polar surface area (TPSA) is 88.7 Å². The zero-order chi connectivity index (χ0) is 15.4. The van der Waals surface area contributed by atoms with Crippen molar-refractivity contribution >= 4 is 11.6 Å². The molecule has 1 aromatic carbocycles. The molecule has 3 N–H and O–H groups in total. The van der Waals surface area contributed by atoms with Crippen molar-refractivity contribution in [2.24, 2.45) is 0 Å². The molecule has 6 heteroatoms. The van der Waals surface area contributed by atoms with Gasteiger partial charge in [-0.1, -0.05) is 6.07 Å². The van der Waals surface area contributed by atoms with Gasteiger partial charge in [-0.25, -0.2) is 4.98 Å². The number of pyridine rings is 1. The molecule has 1 aromatic heterocycles. The molecule has 1 heterocycles. The molecule has 0 aliphatic heterocycles. The number of aromatic nitrogens is 1. The Balaban J connectivity index is 2.12. The van der Waals surface area contributed by atoms with Crippen molar-refractivity contribution in [1.82, 2.24) is 9.88 Å². The average Bonchev–Trinajstić information content (AvgIpc) is 2.49. The minimum Gasteiger partial charge on any atom is -0.504 e. The molecular formula is C15H17N3O3. The number of nitrogens with zero attached hydrogens (tertiary/aromatic N) is 2. The van der Waals surface area contributed by atoms with Crippen LogP contribution in [0.3, 0.4) is 0 Å². The van der Waals surface area contributed by atoms with Crippen molar-refractivity contribution in [2.45, 2.75) is 6.54 Å². The standard InChI is InChI=1S/C15H17N3O3/c1-18(15(20)12-5-4-11(16)8-17-12)9-10-3-6-13(19)14(7-10)21-2/h3-8,19H,9,16H2,1-2H3. The summed E-state index contributed by atoms with van der Waals surface area (Å²) in [6.45, 7) is 0.377. The predicted octanol–water partition coefficient (Wildman–Crippen LogP) is 1.65. The molecule has 0 spiro atoms. The van der Waals surface area contributed by atoms with Gasteiger partial charge in [0.2, 0.25) is 0 Å². The normalized spacial score (nSPS) is 10.2. The highest BCUT2D eigenvalue weighted by molar-refractivity contribution is 5.92. The van der Waals surface area contributed by atoms with Gasteiger partial charge in [-0.2, -0.15) is 0 Å². The van der Waals surface area contributed by atoms with Gasteiger partial charge >= 0.3 is 0 Å². The molecular weight excluding hydrogens is 270 g/mol. The number of amides is 1. The van der Waals surface area contributed by atoms with Gasteiger partial charge in [0.15, 0.2) is 11.5 Å². The van der Waals surface area contributed by atoms with Crippen LogP contribution in [0, 0.1) is 0 Å². The number of rotatable bonds is 4. The number of phenols is 1. The minimum absolute atomic E-state index is 0.0652. The molecule has 0 radical (unpaired) electrons. The fourth-order valence-electron chi connectivity index (χ4n) is 1.89. The van der Waals surface area contributed by atoms with Crippen LogP contribution in [0.25, 0.3) is 0 Å². The van der Waals surface area contributed by atoms with Crippen molar-refractivity contribution in [3.05, 3.63) is 47.8 Å². The Morgan fingerprint density at radius 1 is 1.38 bits per heavy atom. The van der Waals surface area contributed by atoms with Crippen LogP contribution >= 0.6 is 0 Å². The van der Waals surface area contributed by atoms with Crippen LogP contribution in [-0.2, 0) is 6.54 Å². The van der Waals surface area contributed by atoms with Gasteiger partial charge < -0.3 is 20.5 Å². The first kappa shape index (κ1) is 14.6. The maximum atomic E-state index is 12.2. The number of hydrogen-bond acceptors (Lipinski definition) is 5. The van der Waals surface area contributed by atoms with Gasteiger partial charge in [-0.15, -0.1) is 0 Å². The summed E-state index contributed by atoms with van der Waals surface area (Å²) in [5, 5.41) is 9.55. The maximum Gasteiger partial charge on any atom is 0.272 e. The first-order valence-corrected chi connectivity index (χ1v) is 6.34. The SMILES string of the molecule is COc1cc(CN(C)C(=O)c2ccc(N)cn2)ccc1O. The van der Waals surface area contributed by atoms with Gasteiger partial charge in [0.05, 0.1) is 19.0 Å². The van der Waals surface area contributed by atoms with E-state index in [-0.39, 0.29) is 11.7 Å². The lowest BCUT2D eigenvalue weighted by Gasteiger charge is -2.17. The summed E-state index contributed by atoms with van der Waals surface area (Å²) in [6.07, 6.45) is 1.45. The van der Waals surface area contributed by atoms with Crippen LogP contribution < -0.4 is 10.5 Å². The van der Waals surface area contributed by atoms with Crippen molar-refractivity contribution in [2.75, 3.05) is 19.9 Å². The number of carbonyl (C=O) groups is 1. The highest BCUT2D eigenvalue weighted by Crippen LogP contribution is 2.26. The second kappa shape index (κ2) is 6.13. The maximum absolute atomic E-state index is 12.2. The molecule has 0 aliphatic carbocycles. The molecule has 0 saturated carbocycles. The highest BCUT2D eigenvalue weighted by Gasteiger charge is 2.14. The van der Waals surface area contributed by atoms with Crippen LogP contribution in [0.4, 0.5) is 5.69 Å². The predicted molar refractivity (Wildman–Crippen MR) is 79.1 cm³/mol. The fraction of sp³-hybridized carbons (Fsp3) is 0.200. The Morgan fingerprint density at radius 3 is 2.76 bits per heavy atom. The van der Waals surface area contributed by atoms with Crippen LogP contribution in [0.5, 0.6) is 11.5 Å². The van der Waals surface area contributed by atoms with E-state index in [0.29, 0.717) is 23.7 Å². The quantitative estimate of drug-likeness (QED) is 0.892. The van der Waals surface area contributed by atoms with E-state index in [1.54, 1.807) is 31.3 Å². The monoisotopic (exact) mass is 287 g/mol. The number of benzene rings is 1. The van der Waals surface area contributed by atoms with E-state index in [1.165, 1.54) is 24.3 Å². The molecule has 0 unspecified atom stereocenters. The summed E-state index contributed by atoms with van der Waals surface area (Å²) in [6, 6.07) is 8.19. The minimum atomic E-state index is -0.206. The number of methoxy groups -OCH3 is 1. The number of nitrogens with two attached hydrogens (primary N) is 1. The molecule has 0 aliphatic rings. The zero-order valence-corrected chi connectivity index (χ0v) is 11.9. The molecule has 6 nitrogen and oxygen atoms in total. The Morgan fingerprint density at radius 2 is 2.14 bits per heavy atom. The first-order chi connectivity index (χ1) is 10.0. The molecule has 1 amide bonds. The van der Waals surface area contributed by atoms with Crippen LogP contribution in [-0.4, -0.2) is 35.1 Å². The summed E-state index contributed by atoms with van der Waals surface area (Å²) < 4.78 is 5.05. The van der Waals surface area contributed by atoms with E-state index in [9.17, 15) is 9.90 Å². The summed E-state index contributed by atoms with van der Waals surface area (Å²) in [5.74, 6) is 0.233. The summed E-state index contributed by atoms with van der Waals surface area (Å²) in [4.78, 5) is 17.8. The van der Waals surface area contributed by atoms with Gasteiger partial charge in [-0.05, 0) is 29.8 Å². The number of phenolic OH excluding ortho intramolecular Hbond substituents is 1. The van der Waals surface area contributed by atoms with Crippen molar-refractivity contribution in [3.63, 3.8) is 0 Å². The van der Waals surface area contributed by atoms with Gasteiger partial charge in [0.25, 0.3) is 5.91 Å². The lowest BCUT2D eigenvalue weighted by molar-refractivity contribution is 0.0779. The van der Waals surface area contributed by atoms with E-state index < -0.39 is 0 Å². The molecule has 0 saturated heterocycles. The Kier molecular flexibility index (Phi) is 4.27. The van der Waals surface area contributed by atoms with E-state index in [2.05, 4.69) is 4.98 Å². The van der Waals surface area contributed by atoms with Crippen LogP contribution in [0.2, 0.25) is 0 Å². The largest absolute Gasteiger partial charge is 0.504 e. The zero-order valence-electron chi connectivity index (χ0n) is 11.9. The summed E-state index contributed by atoms with van der Waals surface area (Å²) in [7, 11) is 3.16. The van der Waals surface area contributed by atoms with Crippen molar-refractivity contribution < 1.29 is 14.6 Å². The first-order valence-electron chi connectivity index (χ1n) is 6.34. The van der Waals surface area contributed by atoms with Gasteiger partial charge in [-0.3, -0.25) is 4.79 Å². The molecule has 21 heavy (non-hydrogen) atoms. The fourth-order valence-corrected chi connectivity index (χ4v) is 1.89. The Bertz CT molecular complexity index is 641. The van der Waals surface area contributed by atoms with E-state index in [1.807, 2.05) is 0 Å². The third kappa shape index (κ3) is 3.42. The lowest BCUT2D eigenvalue weighted by atomic mass is 10.2. The second-order valence-electron chi connectivity index (χ2n) is 4.64. The van der Waals surface area contributed by atoms with Gasteiger partial charge in [0.1, 0.15) is 5.69 Å². The Hall–Kier alpha value is -2.76. The number of aromatic hydroxyl groups is 1. The summed E-state index contributed by atoms with van der Waals surface area (Å²) >= 11 is 0. The van der Waals surface area contributed by atoms with Crippen LogP contribution in [0.1, 0.15) is 16.1 Å². The molecule has 2 rings (SSSR count). The van der Waals surface area contributed by atoms with E-state index in [4.69, 9.17) is 10.5 Å². The average molecular weight is 287 g/mol. The highest BCUT2D eigenvalue weighted by atomic mass is 16.5. The summed E-state index contributed by atoms with van der Waals surface area (Å²) in [5.41, 5.74) is 7.23. The van der Waals surface area contributed by atoms with E-state index >= 15 is 0 Å². The van der Waals surface area contributed by atoms with Crippen molar-refractivity contribution in [1.29, 1.82) is 0 Å². The Labute approximate surface area is 122 Å². The lowest BCUT2D eigenvalue weighted by Crippen LogP contribution is -2.27. The third-order valence-corrected chi connectivity index (χ3v) is 3.02. The second-order valence-corrected chi connectivity index (χ2v) is 4.64. The number of nitrogen functional groups attached to an aromatic ring is 1. The molecule has 0 atom stereocenters. The molecule has 0 fully saturated rings.